The first-order valence-corrected chi connectivity index (χ1v) is 6.26. The molecule has 0 aromatic heterocycles. The van der Waals surface area contributed by atoms with Gasteiger partial charge in [-0.15, -0.1) is 0 Å². The monoisotopic (exact) mass is 259 g/mol. The predicted molar refractivity (Wildman–Crippen MR) is 63.7 cm³/mol. The highest BCUT2D eigenvalue weighted by Gasteiger charge is 2.49. The fraction of sp³-hybridized carbons (Fsp3) is 0.833. The Kier molecular flexibility index (Phi) is 5.10. The molecule has 0 amide bonds. The molecule has 0 aromatic carbocycles. The van der Waals surface area contributed by atoms with E-state index >= 15 is 0 Å². The molecule has 0 bridgehead atoms. The molecule has 1 aliphatic rings. The van der Waals surface area contributed by atoms with E-state index in [1.165, 1.54) is 0 Å². The summed E-state index contributed by atoms with van der Waals surface area (Å²) in [6.07, 6.45) is 0.487. The second kappa shape index (κ2) is 6.15. The zero-order valence-electron chi connectivity index (χ0n) is 10.6. The van der Waals surface area contributed by atoms with Gasteiger partial charge in [0.15, 0.2) is 0 Å². The van der Waals surface area contributed by atoms with E-state index in [9.17, 15) is 19.8 Å². The van der Waals surface area contributed by atoms with Crippen LogP contribution in [0.5, 0.6) is 0 Å². The van der Waals surface area contributed by atoms with E-state index in [0.29, 0.717) is 19.3 Å². The van der Waals surface area contributed by atoms with Gasteiger partial charge in [-0.2, -0.15) is 0 Å². The van der Waals surface area contributed by atoms with Gasteiger partial charge in [0.1, 0.15) is 0 Å². The van der Waals surface area contributed by atoms with Crippen molar-refractivity contribution in [3.8, 4) is 0 Å². The van der Waals surface area contributed by atoms with Crippen molar-refractivity contribution in [2.24, 2.45) is 17.1 Å². The number of carboxylic acid groups (broad SMARTS) is 1. The van der Waals surface area contributed by atoms with Crippen LogP contribution in [0.2, 0.25) is 0 Å². The van der Waals surface area contributed by atoms with Gasteiger partial charge in [0.2, 0.25) is 0 Å². The third-order valence-electron chi connectivity index (χ3n) is 3.69. The molecule has 0 saturated heterocycles. The molecule has 6 nitrogen and oxygen atoms in total. The fourth-order valence-electron chi connectivity index (χ4n) is 2.63. The van der Waals surface area contributed by atoms with Crippen molar-refractivity contribution in [2.45, 2.75) is 38.7 Å². The molecule has 1 saturated carbocycles. The maximum absolute atomic E-state index is 11.7. The maximum Gasteiger partial charge on any atom is 0.312 e. The number of carbonyl (C=O) groups is 2. The van der Waals surface area contributed by atoms with Crippen LogP contribution >= 0.6 is 0 Å². The van der Waals surface area contributed by atoms with Crippen molar-refractivity contribution in [3.05, 3.63) is 0 Å². The van der Waals surface area contributed by atoms with Crippen LogP contribution in [-0.4, -0.2) is 41.4 Å². The molecule has 0 heterocycles. The number of carboxylic acids is 1. The lowest BCUT2D eigenvalue weighted by atomic mass is 9.66. The number of aliphatic carboxylic acids is 1. The van der Waals surface area contributed by atoms with E-state index in [1.54, 1.807) is 6.92 Å². The first-order chi connectivity index (χ1) is 8.47. The number of carbonyl (C=O) groups excluding carboxylic acids is 1. The van der Waals surface area contributed by atoms with Crippen molar-refractivity contribution < 1.29 is 24.5 Å². The largest absolute Gasteiger partial charge is 0.481 e. The van der Waals surface area contributed by atoms with Crippen LogP contribution in [0.15, 0.2) is 0 Å². The number of aliphatic hydroxyl groups excluding tert-OH is 1. The molecule has 0 spiro atoms. The zero-order valence-corrected chi connectivity index (χ0v) is 10.6. The number of nitrogens with two attached hydrogens (primary N) is 1. The Morgan fingerprint density at radius 2 is 2.22 bits per heavy atom. The van der Waals surface area contributed by atoms with Gasteiger partial charge in [-0.25, -0.2) is 0 Å². The van der Waals surface area contributed by atoms with Gasteiger partial charge in [-0.05, 0) is 26.2 Å². The summed E-state index contributed by atoms with van der Waals surface area (Å²) in [6, 6.07) is 0. The van der Waals surface area contributed by atoms with E-state index in [2.05, 4.69) is 0 Å². The number of rotatable bonds is 5. The summed E-state index contributed by atoms with van der Waals surface area (Å²) >= 11 is 0. The lowest BCUT2D eigenvalue weighted by Gasteiger charge is -2.39. The van der Waals surface area contributed by atoms with Gasteiger partial charge >= 0.3 is 11.9 Å². The van der Waals surface area contributed by atoms with Crippen molar-refractivity contribution >= 4 is 11.9 Å². The van der Waals surface area contributed by atoms with E-state index in [0.717, 1.165) is 0 Å². The van der Waals surface area contributed by atoms with Gasteiger partial charge in [-0.1, -0.05) is 6.42 Å². The fourth-order valence-corrected chi connectivity index (χ4v) is 2.63. The highest BCUT2D eigenvalue weighted by atomic mass is 16.5. The van der Waals surface area contributed by atoms with E-state index in [-0.39, 0.29) is 25.5 Å². The zero-order chi connectivity index (χ0) is 13.8. The molecule has 0 aromatic rings. The molecule has 1 fully saturated rings. The van der Waals surface area contributed by atoms with Gasteiger partial charge in [0.25, 0.3) is 0 Å². The van der Waals surface area contributed by atoms with E-state index in [1.807, 2.05) is 0 Å². The Morgan fingerprint density at radius 1 is 1.56 bits per heavy atom. The quantitative estimate of drug-likeness (QED) is 0.605. The molecule has 6 heteroatoms. The number of ether oxygens (including phenoxy) is 1. The predicted octanol–water partition coefficient (Wildman–Crippen LogP) is 0.130. The normalized spacial score (nSPS) is 29.6. The van der Waals surface area contributed by atoms with Crippen molar-refractivity contribution in [1.29, 1.82) is 0 Å². The number of esters is 1. The SMILES string of the molecule is CCOC(=O)C1CCCC(C(=O)O)(C(O)CN)C1. The first-order valence-electron chi connectivity index (χ1n) is 6.26. The third kappa shape index (κ3) is 2.81. The second-order valence-corrected chi connectivity index (χ2v) is 4.76. The average molecular weight is 259 g/mol. The minimum atomic E-state index is -1.32. The highest BCUT2D eigenvalue weighted by molar-refractivity contribution is 5.78. The van der Waals surface area contributed by atoms with Crippen LogP contribution in [-0.2, 0) is 14.3 Å². The van der Waals surface area contributed by atoms with E-state index < -0.39 is 23.4 Å². The number of aliphatic hydroxyl groups is 1. The van der Waals surface area contributed by atoms with Gasteiger partial charge in [0.05, 0.1) is 24.0 Å². The summed E-state index contributed by atoms with van der Waals surface area (Å²) in [5.41, 5.74) is 4.06. The molecule has 104 valence electrons. The summed E-state index contributed by atoms with van der Waals surface area (Å²) in [4.78, 5) is 23.1. The number of hydrogen-bond donors (Lipinski definition) is 3. The van der Waals surface area contributed by atoms with Gasteiger partial charge < -0.3 is 20.7 Å². The average Bonchev–Trinajstić information content (AvgIpc) is 2.37. The highest BCUT2D eigenvalue weighted by Crippen LogP contribution is 2.42. The first kappa shape index (κ1) is 14.9. The Hall–Kier alpha value is -1.14. The van der Waals surface area contributed by atoms with Crippen molar-refractivity contribution in [3.63, 3.8) is 0 Å². The van der Waals surface area contributed by atoms with Crippen LogP contribution in [0.3, 0.4) is 0 Å². The Bertz CT molecular complexity index is 320. The van der Waals surface area contributed by atoms with Crippen LogP contribution in [0.1, 0.15) is 32.6 Å². The lowest BCUT2D eigenvalue weighted by Crippen LogP contribution is -2.50. The summed E-state index contributed by atoms with van der Waals surface area (Å²) in [6.45, 7) is 1.86. The summed E-state index contributed by atoms with van der Waals surface area (Å²) in [5, 5.41) is 19.2. The van der Waals surface area contributed by atoms with Crippen LogP contribution in [0.25, 0.3) is 0 Å². The molecule has 4 N–H and O–H groups in total. The number of hydrogen-bond acceptors (Lipinski definition) is 5. The van der Waals surface area contributed by atoms with Crippen LogP contribution < -0.4 is 5.73 Å². The van der Waals surface area contributed by atoms with E-state index in [4.69, 9.17) is 10.5 Å². The third-order valence-corrected chi connectivity index (χ3v) is 3.69. The smallest absolute Gasteiger partial charge is 0.312 e. The van der Waals surface area contributed by atoms with Crippen LogP contribution in [0, 0.1) is 11.3 Å². The molecule has 18 heavy (non-hydrogen) atoms. The summed E-state index contributed by atoms with van der Waals surface area (Å²) < 4.78 is 4.92. The van der Waals surface area contributed by atoms with Crippen molar-refractivity contribution in [2.75, 3.05) is 13.2 Å². The summed E-state index contributed by atoms with van der Waals surface area (Å²) in [5.74, 6) is -1.93. The molecule has 0 aliphatic heterocycles. The molecule has 1 rings (SSSR count). The second-order valence-electron chi connectivity index (χ2n) is 4.76. The Morgan fingerprint density at radius 3 is 2.72 bits per heavy atom. The van der Waals surface area contributed by atoms with Gasteiger partial charge in [-0.3, -0.25) is 9.59 Å². The maximum atomic E-state index is 11.7. The molecule has 1 aliphatic carbocycles. The van der Waals surface area contributed by atoms with Crippen LogP contribution in [0.4, 0.5) is 0 Å². The Balaban J connectivity index is 2.87. The minimum absolute atomic E-state index is 0.0968. The van der Waals surface area contributed by atoms with Gasteiger partial charge in [0, 0.05) is 6.54 Å². The standard InChI is InChI=1S/C12H21NO5/c1-2-18-10(15)8-4-3-5-12(6-8,11(16)17)9(14)7-13/h8-9,14H,2-7,13H2,1H3,(H,16,17). The lowest BCUT2D eigenvalue weighted by molar-refractivity contribution is -0.165. The molecule has 3 atom stereocenters. The van der Waals surface area contributed by atoms with Crippen molar-refractivity contribution in [1.82, 2.24) is 0 Å². The molecular weight excluding hydrogens is 238 g/mol. The minimum Gasteiger partial charge on any atom is -0.481 e. The molecular formula is C12H21NO5. The molecule has 0 radical (unpaired) electrons. The topological polar surface area (TPSA) is 110 Å². The summed E-state index contributed by atoms with van der Waals surface area (Å²) in [7, 11) is 0. The molecule has 3 unspecified atom stereocenters. The Labute approximate surface area is 106 Å².